The van der Waals surface area contributed by atoms with E-state index in [1.165, 1.54) is 42.2 Å². The molecule has 5 nitrogen and oxygen atoms in total. The van der Waals surface area contributed by atoms with E-state index in [1.54, 1.807) is 9.80 Å². The van der Waals surface area contributed by atoms with Crippen molar-refractivity contribution in [2.45, 2.75) is 39.0 Å². The third kappa shape index (κ3) is 4.94. The van der Waals surface area contributed by atoms with Gasteiger partial charge in [0.2, 0.25) is 0 Å². The molecule has 0 amide bonds. The molecule has 4 N–H and O–H groups in total. The van der Waals surface area contributed by atoms with Crippen LogP contribution in [0, 0.1) is 0 Å². The lowest BCUT2D eigenvalue weighted by Gasteiger charge is -2.32. The van der Waals surface area contributed by atoms with Crippen LogP contribution in [0.5, 0.6) is 11.5 Å². The molecule has 4 rings (SSSR count). The Morgan fingerprint density at radius 2 is 2.10 bits per heavy atom. The summed E-state index contributed by atoms with van der Waals surface area (Å²) >= 11 is 1.91. The van der Waals surface area contributed by atoms with Gasteiger partial charge in [-0.15, -0.1) is 11.3 Å². The van der Waals surface area contributed by atoms with Gasteiger partial charge in [-0.05, 0) is 37.4 Å². The average Bonchev–Trinajstić information content (AvgIpc) is 3.35. The van der Waals surface area contributed by atoms with Crippen LogP contribution in [0.2, 0.25) is 0 Å². The molecule has 1 saturated heterocycles. The van der Waals surface area contributed by atoms with Crippen molar-refractivity contribution in [2.24, 2.45) is 0 Å². The van der Waals surface area contributed by atoms with Crippen LogP contribution in [-0.2, 0) is 13.0 Å². The van der Waals surface area contributed by atoms with E-state index in [9.17, 15) is 0 Å². The second-order valence-electron chi connectivity index (χ2n) is 8.55. The van der Waals surface area contributed by atoms with Crippen molar-refractivity contribution in [3.8, 4) is 11.5 Å². The van der Waals surface area contributed by atoms with Gasteiger partial charge in [-0.1, -0.05) is 6.07 Å². The van der Waals surface area contributed by atoms with Crippen molar-refractivity contribution in [1.82, 2.24) is 0 Å². The number of quaternary nitrogens is 3. The van der Waals surface area contributed by atoms with E-state index in [0.717, 1.165) is 31.0 Å². The van der Waals surface area contributed by atoms with Gasteiger partial charge >= 0.3 is 0 Å². The number of hydrogen-bond acceptors (Lipinski definition) is 3. The molecular formula is C23H36N3O2S+3. The summed E-state index contributed by atoms with van der Waals surface area (Å²) in [6.45, 7) is 12.0. The summed E-state index contributed by atoms with van der Waals surface area (Å²) in [5.41, 5.74) is 2.54. The first-order valence-corrected chi connectivity index (χ1v) is 12.0. The molecule has 3 heterocycles. The lowest BCUT2D eigenvalue weighted by atomic mass is 10.1. The molecule has 0 aliphatic carbocycles. The Kier molecular flexibility index (Phi) is 6.75. The van der Waals surface area contributed by atoms with Crippen LogP contribution in [0.1, 0.15) is 35.9 Å². The van der Waals surface area contributed by atoms with Gasteiger partial charge in [0.25, 0.3) is 0 Å². The Morgan fingerprint density at radius 1 is 1.28 bits per heavy atom. The van der Waals surface area contributed by atoms with Gasteiger partial charge in [-0.3, -0.25) is 0 Å². The van der Waals surface area contributed by atoms with Gasteiger partial charge < -0.3 is 24.6 Å². The zero-order valence-corrected chi connectivity index (χ0v) is 18.8. The summed E-state index contributed by atoms with van der Waals surface area (Å²) in [7, 11) is 2.31. The number of hydrogen-bond donors (Lipinski definition) is 3. The zero-order chi connectivity index (χ0) is 20.2. The smallest absolute Gasteiger partial charge is 0.172 e. The van der Waals surface area contributed by atoms with Gasteiger partial charge in [-0.25, -0.2) is 0 Å². The number of rotatable bonds is 8. The normalized spacial score (nSPS) is 24.7. The molecule has 158 valence electrons. The third-order valence-electron chi connectivity index (χ3n) is 6.27. The topological polar surface area (TPSA) is 44.0 Å². The van der Waals surface area contributed by atoms with Gasteiger partial charge in [0.1, 0.15) is 56.9 Å². The van der Waals surface area contributed by atoms with Crippen LogP contribution < -0.4 is 24.6 Å². The summed E-state index contributed by atoms with van der Waals surface area (Å²) in [5, 5.41) is 4.68. The van der Waals surface area contributed by atoms with Crippen LogP contribution in [0.25, 0.3) is 0 Å². The molecule has 0 bridgehead atoms. The van der Waals surface area contributed by atoms with E-state index >= 15 is 0 Å². The van der Waals surface area contributed by atoms with E-state index in [1.807, 2.05) is 11.3 Å². The third-order valence-corrected chi connectivity index (χ3v) is 7.26. The summed E-state index contributed by atoms with van der Waals surface area (Å²) in [6.07, 6.45) is 1.25. The fourth-order valence-corrected chi connectivity index (χ4v) is 5.55. The molecule has 0 radical (unpaired) electrons. The average molecular weight is 419 g/mol. The highest BCUT2D eigenvalue weighted by atomic mass is 32.1. The summed E-state index contributed by atoms with van der Waals surface area (Å²) in [5.74, 6) is 2.08. The number of benzene rings is 1. The maximum absolute atomic E-state index is 6.00. The van der Waals surface area contributed by atoms with Crippen molar-refractivity contribution < 1.29 is 24.6 Å². The van der Waals surface area contributed by atoms with E-state index < -0.39 is 0 Å². The standard InChI is InChI=1S/C23H33N3O2S/c1-4-27-21-13-18-12-17(2)28-22(18)14-19(21)15-24-16-20(23-6-5-11-29-23)26-9-7-25(3)8-10-26/h5-6,11,13-14,17,20,24H,4,7-10,12,15-16H2,1-3H3/p+3/t17-,20+/m1/s1. The fraction of sp³-hybridized carbons (Fsp3) is 0.565. The van der Waals surface area contributed by atoms with Crippen LogP contribution in [-0.4, -0.2) is 52.5 Å². The Hall–Kier alpha value is -1.60. The van der Waals surface area contributed by atoms with Crippen molar-refractivity contribution in [2.75, 3.05) is 46.4 Å². The SMILES string of the molecule is CCOc1cc2c(cc1C[NH2+]C[C@@H](c1cccs1)[NH+]1CC[NH+](C)CC1)O[C@H](C)C2. The molecule has 0 unspecified atom stereocenters. The highest BCUT2D eigenvalue weighted by Gasteiger charge is 2.31. The van der Waals surface area contributed by atoms with Gasteiger partial charge in [-0.2, -0.15) is 0 Å². The highest BCUT2D eigenvalue weighted by Crippen LogP contribution is 2.34. The largest absolute Gasteiger partial charge is 0.493 e. The minimum atomic E-state index is 0.268. The first kappa shape index (κ1) is 20.7. The van der Waals surface area contributed by atoms with E-state index in [4.69, 9.17) is 9.47 Å². The molecular weight excluding hydrogens is 382 g/mol. The number of nitrogens with one attached hydrogen (secondary N) is 2. The molecule has 2 atom stereocenters. The Bertz CT molecular complexity index is 788. The molecule has 1 aromatic heterocycles. The summed E-state index contributed by atoms with van der Waals surface area (Å²) in [6, 6.07) is 9.50. The minimum Gasteiger partial charge on any atom is -0.493 e. The first-order chi connectivity index (χ1) is 14.1. The number of piperazine rings is 1. The summed E-state index contributed by atoms with van der Waals surface area (Å²) < 4.78 is 12.0. The second-order valence-corrected chi connectivity index (χ2v) is 9.52. The van der Waals surface area contributed by atoms with Crippen LogP contribution in [0.4, 0.5) is 0 Å². The monoisotopic (exact) mass is 418 g/mol. The lowest BCUT2D eigenvalue weighted by Crippen LogP contribution is -3.27. The fourth-order valence-electron chi connectivity index (χ4n) is 4.66. The molecule has 1 fully saturated rings. The number of thiophene rings is 1. The number of ether oxygens (including phenoxy) is 2. The van der Waals surface area contributed by atoms with E-state index in [-0.39, 0.29) is 6.10 Å². The van der Waals surface area contributed by atoms with Crippen molar-refractivity contribution in [1.29, 1.82) is 0 Å². The molecule has 2 aliphatic rings. The van der Waals surface area contributed by atoms with Gasteiger partial charge in [0, 0.05) is 12.0 Å². The van der Waals surface area contributed by atoms with Crippen LogP contribution in [0.15, 0.2) is 29.6 Å². The molecule has 1 aromatic carbocycles. The predicted molar refractivity (Wildman–Crippen MR) is 116 cm³/mol. The lowest BCUT2D eigenvalue weighted by molar-refractivity contribution is -1.02. The first-order valence-electron chi connectivity index (χ1n) is 11.1. The maximum Gasteiger partial charge on any atom is 0.172 e. The maximum atomic E-state index is 6.00. The Morgan fingerprint density at radius 3 is 2.83 bits per heavy atom. The highest BCUT2D eigenvalue weighted by molar-refractivity contribution is 7.10. The van der Waals surface area contributed by atoms with Crippen LogP contribution in [0.3, 0.4) is 0 Å². The molecule has 2 aliphatic heterocycles. The van der Waals surface area contributed by atoms with Gasteiger partial charge in [0.05, 0.1) is 24.1 Å². The van der Waals surface area contributed by atoms with E-state index in [0.29, 0.717) is 12.6 Å². The van der Waals surface area contributed by atoms with Gasteiger partial charge in [0.15, 0.2) is 6.04 Å². The molecule has 6 heteroatoms. The molecule has 0 spiro atoms. The summed E-state index contributed by atoms with van der Waals surface area (Å²) in [4.78, 5) is 4.92. The number of nitrogens with two attached hydrogens (primary N) is 1. The van der Waals surface area contributed by atoms with E-state index in [2.05, 4.69) is 55.9 Å². The van der Waals surface area contributed by atoms with Crippen molar-refractivity contribution in [3.63, 3.8) is 0 Å². The van der Waals surface area contributed by atoms with Crippen LogP contribution >= 0.6 is 11.3 Å². The zero-order valence-electron chi connectivity index (χ0n) is 18.0. The molecule has 29 heavy (non-hydrogen) atoms. The van der Waals surface area contributed by atoms with Crippen molar-refractivity contribution >= 4 is 11.3 Å². The Balaban J connectivity index is 1.44. The minimum absolute atomic E-state index is 0.268. The molecule has 0 saturated carbocycles. The second kappa shape index (κ2) is 9.47. The predicted octanol–water partition coefficient (Wildman–Crippen LogP) is -0.312. The van der Waals surface area contributed by atoms with Crippen molar-refractivity contribution in [3.05, 3.63) is 45.6 Å². The Labute approximate surface area is 178 Å². The quantitative estimate of drug-likeness (QED) is 0.551. The number of fused-ring (bicyclic) bond motifs is 1. The number of likely N-dealkylation sites (N-methyl/N-ethyl adjacent to an activating group) is 1. The molecule has 2 aromatic rings.